The van der Waals surface area contributed by atoms with Gasteiger partial charge in [0.05, 0.1) is 18.2 Å². The molecule has 2 bridgehead atoms. The van der Waals surface area contributed by atoms with Crippen LogP contribution in [0, 0.1) is 11.9 Å². The van der Waals surface area contributed by atoms with Crippen LogP contribution in [0.1, 0.15) is 16.7 Å². The molecule has 0 unspecified atom stereocenters. The zero-order valence-corrected chi connectivity index (χ0v) is 14.1. The van der Waals surface area contributed by atoms with Crippen LogP contribution in [0.5, 0.6) is 0 Å². The summed E-state index contributed by atoms with van der Waals surface area (Å²) in [7, 11) is -4.59. The summed E-state index contributed by atoms with van der Waals surface area (Å²) in [4.78, 5) is 3.37. The van der Waals surface area contributed by atoms with Crippen LogP contribution in [0.15, 0.2) is 40.3 Å². The third-order valence-electron chi connectivity index (χ3n) is 3.55. The van der Waals surface area contributed by atoms with Gasteiger partial charge in [0.1, 0.15) is 16.3 Å². The summed E-state index contributed by atoms with van der Waals surface area (Å²) in [5.74, 6) is -0.850. The molecule has 2 aromatic carbocycles. The molecule has 0 aromatic heterocycles. The Bertz CT molecular complexity index is 1120. The first-order chi connectivity index (χ1) is 12.5. The Morgan fingerprint density at radius 2 is 1.96 bits per heavy atom. The number of hydrazone groups is 1. The molecule has 2 N–H and O–H groups in total. The molecule has 6 nitrogen and oxygen atoms in total. The normalized spacial score (nSPS) is 12.9. The van der Waals surface area contributed by atoms with E-state index in [0.29, 0.717) is 5.56 Å². The molecule has 11 heteroatoms. The van der Waals surface area contributed by atoms with Crippen molar-refractivity contribution in [1.29, 1.82) is 0 Å². The standard InChI is InChI=1S/C16H9F4N3O3S/c17-12-3-1-9(6-16(18,19)20)5-11(12)7-21-14-10-2-4-13(27(24,25)26)15(14)23-22-8-10/h1-5,8,23H,6H2/p+1. The van der Waals surface area contributed by atoms with E-state index >= 15 is 0 Å². The first kappa shape index (κ1) is 18.8. The van der Waals surface area contributed by atoms with Gasteiger partial charge in [0.2, 0.25) is 0 Å². The highest BCUT2D eigenvalue weighted by Crippen LogP contribution is 2.37. The van der Waals surface area contributed by atoms with Crippen LogP contribution in [0.3, 0.4) is 0 Å². The first-order valence-corrected chi connectivity index (χ1v) is 8.74. The molecule has 0 aliphatic carbocycles. The van der Waals surface area contributed by atoms with Crippen LogP contribution in [0.4, 0.5) is 28.9 Å². The molecule has 27 heavy (non-hydrogen) atoms. The van der Waals surface area contributed by atoms with Crippen LogP contribution in [0.2, 0.25) is 0 Å². The van der Waals surface area contributed by atoms with E-state index in [1.807, 2.05) is 0 Å². The van der Waals surface area contributed by atoms with E-state index in [4.69, 9.17) is 0 Å². The Morgan fingerprint density at radius 3 is 2.63 bits per heavy atom. The van der Waals surface area contributed by atoms with Gasteiger partial charge in [-0.25, -0.2) is 4.39 Å². The summed E-state index contributed by atoms with van der Waals surface area (Å²) < 4.78 is 83.5. The quantitative estimate of drug-likeness (QED) is 0.591. The molecule has 0 radical (unpaired) electrons. The third-order valence-corrected chi connectivity index (χ3v) is 4.45. The van der Waals surface area contributed by atoms with Gasteiger partial charge in [-0.1, -0.05) is 6.07 Å². The van der Waals surface area contributed by atoms with Crippen molar-refractivity contribution in [1.82, 2.24) is 0 Å². The molecule has 1 heterocycles. The Kier molecular flexibility index (Phi) is 4.63. The SMILES string of the molecule is O=S(=O)(O)c1ccc2c([N+]#Cc3cc(CC(F)(F)F)ccc3F)c1NN=C2. The largest absolute Gasteiger partial charge is 0.393 e. The van der Waals surface area contributed by atoms with Crippen molar-refractivity contribution >= 4 is 27.7 Å². The number of nitrogens with zero attached hydrogens (tertiary/aromatic N) is 2. The van der Waals surface area contributed by atoms with Gasteiger partial charge >= 0.3 is 17.9 Å². The van der Waals surface area contributed by atoms with Crippen molar-refractivity contribution in [2.24, 2.45) is 5.10 Å². The lowest BCUT2D eigenvalue weighted by Gasteiger charge is -2.09. The van der Waals surface area contributed by atoms with E-state index in [-0.39, 0.29) is 22.5 Å². The molecule has 1 aliphatic heterocycles. The molecule has 0 fully saturated rings. The number of rotatable bonds is 2. The second-order valence-corrected chi connectivity index (χ2v) is 6.94. The minimum Gasteiger partial charge on any atom is -0.282 e. The molecule has 0 atom stereocenters. The number of hydrogen-bond donors (Lipinski definition) is 2. The fraction of sp³-hybridized carbons (Fsp3) is 0.125. The predicted molar refractivity (Wildman–Crippen MR) is 89.6 cm³/mol. The maximum atomic E-state index is 13.9. The average molecular weight is 400 g/mol. The zero-order valence-electron chi connectivity index (χ0n) is 13.2. The van der Waals surface area contributed by atoms with Gasteiger partial charge in [-0.2, -0.15) is 26.7 Å². The van der Waals surface area contributed by atoms with Crippen molar-refractivity contribution in [3.63, 3.8) is 0 Å². The minimum atomic E-state index is -4.59. The van der Waals surface area contributed by atoms with E-state index < -0.39 is 33.4 Å². The second-order valence-electron chi connectivity index (χ2n) is 5.55. The number of anilines is 1. The molecular formula is C16H10F4N3O3S+. The van der Waals surface area contributed by atoms with Crippen LogP contribution < -0.4 is 5.43 Å². The summed E-state index contributed by atoms with van der Waals surface area (Å²) in [6.45, 7) is 0. The van der Waals surface area contributed by atoms with Gasteiger partial charge in [-0.15, -0.1) is 0 Å². The topological polar surface area (TPSA) is 83.1 Å². The first-order valence-electron chi connectivity index (χ1n) is 7.30. The summed E-state index contributed by atoms with van der Waals surface area (Å²) >= 11 is 0. The highest BCUT2D eigenvalue weighted by atomic mass is 32.2. The maximum Gasteiger partial charge on any atom is 0.393 e. The smallest absolute Gasteiger partial charge is 0.282 e. The number of halogens is 4. The van der Waals surface area contributed by atoms with Gasteiger partial charge in [0.25, 0.3) is 10.1 Å². The van der Waals surface area contributed by atoms with Gasteiger partial charge in [0, 0.05) is 0 Å². The van der Waals surface area contributed by atoms with Crippen molar-refractivity contribution in [2.75, 3.05) is 5.43 Å². The Labute approximate surface area is 150 Å². The predicted octanol–water partition coefficient (Wildman–Crippen LogP) is 3.95. The summed E-state index contributed by atoms with van der Waals surface area (Å²) in [6, 6.07) is 7.54. The van der Waals surface area contributed by atoms with Crippen molar-refractivity contribution < 1.29 is 30.5 Å². The Balaban J connectivity index is 2.08. The number of alkyl halides is 3. The Hall–Kier alpha value is -2.97. The van der Waals surface area contributed by atoms with Gasteiger partial charge in [0.15, 0.2) is 5.69 Å². The van der Waals surface area contributed by atoms with Crippen molar-refractivity contribution in [3.05, 3.63) is 57.7 Å². The molecule has 1 aliphatic rings. The number of hydrogen-bond acceptors (Lipinski definition) is 4. The lowest BCUT2D eigenvalue weighted by Crippen LogP contribution is -2.11. The summed E-state index contributed by atoms with van der Waals surface area (Å²) in [5, 5.41) is 3.70. The molecule has 0 spiro atoms. The lowest BCUT2D eigenvalue weighted by atomic mass is 10.1. The minimum absolute atomic E-state index is 0.0132. The lowest BCUT2D eigenvalue weighted by molar-refractivity contribution is -0.127. The van der Waals surface area contributed by atoms with Crippen LogP contribution in [0.25, 0.3) is 4.85 Å². The molecule has 140 valence electrons. The fourth-order valence-corrected chi connectivity index (χ4v) is 3.06. The highest BCUT2D eigenvalue weighted by molar-refractivity contribution is 7.86. The molecule has 0 amide bonds. The van der Waals surface area contributed by atoms with E-state index in [9.17, 15) is 30.5 Å². The van der Waals surface area contributed by atoms with Crippen molar-refractivity contribution in [3.8, 4) is 6.07 Å². The zero-order chi connectivity index (χ0) is 19.8. The summed E-state index contributed by atoms with van der Waals surface area (Å²) in [6.07, 6.45) is -4.40. The molecule has 3 rings (SSSR count). The monoisotopic (exact) mass is 400 g/mol. The highest BCUT2D eigenvalue weighted by Gasteiger charge is 2.30. The van der Waals surface area contributed by atoms with Gasteiger partial charge in [-0.3, -0.25) is 9.98 Å². The number of benzene rings is 2. The Morgan fingerprint density at radius 1 is 1.22 bits per heavy atom. The van der Waals surface area contributed by atoms with Gasteiger partial charge < -0.3 is 0 Å². The van der Waals surface area contributed by atoms with Gasteiger partial charge in [-0.05, 0) is 34.7 Å². The molecular weight excluding hydrogens is 390 g/mol. The number of nitrogens with one attached hydrogen (secondary N) is 1. The van der Waals surface area contributed by atoms with Crippen molar-refractivity contribution in [2.45, 2.75) is 17.5 Å². The summed E-state index contributed by atoms with van der Waals surface area (Å²) in [5.41, 5.74) is 2.04. The van der Waals surface area contributed by atoms with E-state index in [1.54, 1.807) is 0 Å². The van der Waals surface area contributed by atoms with Crippen LogP contribution in [-0.2, 0) is 16.5 Å². The van der Waals surface area contributed by atoms with Crippen LogP contribution >= 0.6 is 0 Å². The second kappa shape index (κ2) is 6.64. The van der Waals surface area contributed by atoms with Crippen LogP contribution in [-0.4, -0.2) is 25.4 Å². The average Bonchev–Trinajstić information content (AvgIpc) is 2.52. The molecule has 0 saturated heterocycles. The molecule has 0 saturated carbocycles. The van der Waals surface area contributed by atoms with E-state index in [0.717, 1.165) is 24.3 Å². The molecule has 2 aromatic rings. The van der Waals surface area contributed by atoms with E-state index in [2.05, 4.69) is 21.4 Å². The number of fused-ring (bicyclic) bond motifs is 2. The van der Waals surface area contributed by atoms with E-state index in [1.165, 1.54) is 12.3 Å². The maximum absolute atomic E-state index is 13.9. The fourth-order valence-electron chi connectivity index (χ4n) is 2.42. The third kappa shape index (κ3) is 4.24.